The van der Waals surface area contributed by atoms with Gasteiger partial charge in [0.15, 0.2) is 0 Å². The molecule has 0 atom stereocenters. The monoisotopic (exact) mass is 316 g/mol. The van der Waals surface area contributed by atoms with Crippen LogP contribution in [0.25, 0.3) is 0 Å². The van der Waals surface area contributed by atoms with E-state index >= 15 is 0 Å². The second-order valence-electron chi connectivity index (χ2n) is 5.33. The van der Waals surface area contributed by atoms with Crippen LogP contribution >= 0.6 is 0 Å². The number of ether oxygens (including phenoxy) is 1. The van der Waals surface area contributed by atoms with Crippen LogP contribution in [0.3, 0.4) is 0 Å². The summed E-state index contributed by atoms with van der Waals surface area (Å²) in [7, 11) is 1.70. The minimum atomic E-state index is -0.371. The van der Waals surface area contributed by atoms with E-state index in [9.17, 15) is 9.18 Å². The first kappa shape index (κ1) is 16.8. The molecule has 0 aliphatic carbocycles. The Hall–Kier alpha value is -2.56. The van der Waals surface area contributed by atoms with E-state index in [4.69, 9.17) is 4.74 Å². The highest BCUT2D eigenvalue weighted by atomic mass is 19.1. The number of nitrogens with zero attached hydrogens (tertiary/aromatic N) is 1. The van der Waals surface area contributed by atoms with Crippen molar-refractivity contribution in [1.29, 1.82) is 0 Å². The van der Waals surface area contributed by atoms with Gasteiger partial charge in [-0.2, -0.15) is 0 Å². The second kappa shape index (κ2) is 8.17. The number of aryl methyl sites for hydroxylation is 1. The zero-order chi connectivity index (χ0) is 16.7. The van der Waals surface area contributed by atoms with Crippen molar-refractivity contribution in [2.45, 2.75) is 13.3 Å². The molecule has 2 rings (SSSR count). The zero-order valence-corrected chi connectivity index (χ0v) is 13.4. The fourth-order valence-corrected chi connectivity index (χ4v) is 2.05. The Labute approximate surface area is 135 Å². The summed E-state index contributed by atoms with van der Waals surface area (Å²) < 4.78 is 18.8. The van der Waals surface area contributed by atoms with Crippen molar-refractivity contribution in [2.75, 3.05) is 25.5 Å². The molecule has 0 radical (unpaired) electrons. The number of amides is 2. The number of hydrogen-bond acceptors (Lipinski definition) is 2. The summed E-state index contributed by atoms with van der Waals surface area (Å²) in [5, 5.41) is 2.72. The van der Waals surface area contributed by atoms with E-state index in [-0.39, 0.29) is 11.8 Å². The van der Waals surface area contributed by atoms with Crippen molar-refractivity contribution < 1.29 is 13.9 Å². The number of carbonyl (C=O) groups excluding carboxylic acids is 1. The number of nitrogens with one attached hydrogen (secondary N) is 1. The Morgan fingerprint density at radius 2 is 1.96 bits per heavy atom. The van der Waals surface area contributed by atoms with Crippen molar-refractivity contribution in [1.82, 2.24) is 4.90 Å². The normalized spacial score (nSPS) is 10.2. The van der Waals surface area contributed by atoms with Crippen LogP contribution in [0, 0.1) is 12.7 Å². The standard InChI is InChI=1S/C18H21FN2O2/c1-14-9-10-15(19)13-17(14)20-18(22)21(2)11-6-12-23-16-7-4-3-5-8-16/h3-5,7-10,13H,6,11-12H2,1-2H3,(H,20,22). The molecule has 0 aliphatic heterocycles. The van der Waals surface area contributed by atoms with Crippen molar-refractivity contribution in [3.8, 4) is 5.75 Å². The number of para-hydroxylation sites is 1. The Balaban J connectivity index is 1.75. The van der Waals surface area contributed by atoms with Crippen LogP contribution in [0.2, 0.25) is 0 Å². The molecule has 0 saturated heterocycles. The summed E-state index contributed by atoms with van der Waals surface area (Å²) in [5.41, 5.74) is 1.31. The molecule has 23 heavy (non-hydrogen) atoms. The third-order valence-electron chi connectivity index (χ3n) is 3.44. The molecule has 2 aromatic carbocycles. The molecule has 0 aromatic heterocycles. The van der Waals surface area contributed by atoms with Crippen LogP contribution in [0.15, 0.2) is 48.5 Å². The van der Waals surface area contributed by atoms with Gasteiger partial charge in [-0.05, 0) is 43.2 Å². The molecule has 2 aromatic rings. The lowest BCUT2D eigenvalue weighted by Crippen LogP contribution is -2.33. The van der Waals surface area contributed by atoms with Gasteiger partial charge in [0.25, 0.3) is 0 Å². The SMILES string of the molecule is Cc1ccc(F)cc1NC(=O)N(C)CCCOc1ccccc1. The van der Waals surface area contributed by atoms with Crippen LogP contribution in [0.1, 0.15) is 12.0 Å². The molecule has 4 nitrogen and oxygen atoms in total. The maximum atomic E-state index is 13.2. The summed E-state index contributed by atoms with van der Waals surface area (Å²) in [6.07, 6.45) is 0.709. The lowest BCUT2D eigenvalue weighted by atomic mass is 10.2. The number of halogens is 1. The highest BCUT2D eigenvalue weighted by Crippen LogP contribution is 2.16. The van der Waals surface area contributed by atoms with Gasteiger partial charge in [0.1, 0.15) is 11.6 Å². The van der Waals surface area contributed by atoms with Gasteiger partial charge in [-0.25, -0.2) is 9.18 Å². The van der Waals surface area contributed by atoms with Crippen LogP contribution in [0.5, 0.6) is 5.75 Å². The maximum Gasteiger partial charge on any atom is 0.321 e. The maximum absolute atomic E-state index is 13.2. The molecule has 0 heterocycles. The predicted octanol–water partition coefficient (Wildman–Crippen LogP) is 4.07. The van der Waals surface area contributed by atoms with Crippen LogP contribution in [0.4, 0.5) is 14.9 Å². The van der Waals surface area contributed by atoms with Gasteiger partial charge in [0.2, 0.25) is 0 Å². The minimum Gasteiger partial charge on any atom is -0.494 e. The first-order chi connectivity index (χ1) is 11.1. The molecule has 0 spiro atoms. The molecule has 1 N–H and O–H groups in total. The van der Waals surface area contributed by atoms with Crippen molar-refractivity contribution in [2.24, 2.45) is 0 Å². The molecule has 5 heteroatoms. The van der Waals surface area contributed by atoms with Crippen LogP contribution in [-0.4, -0.2) is 31.1 Å². The van der Waals surface area contributed by atoms with E-state index in [1.807, 2.05) is 37.3 Å². The first-order valence-corrected chi connectivity index (χ1v) is 7.52. The van der Waals surface area contributed by atoms with Gasteiger partial charge in [-0.1, -0.05) is 24.3 Å². The van der Waals surface area contributed by atoms with Gasteiger partial charge in [0, 0.05) is 19.3 Å². The van der Waals surface area contributed by atoms with Crippen molar-refractivity contribution in [3.63, 3.8) is 0 Å². The quantitative estimate of drug-likeness (QED) is 0.816. The first-order valence-electron chi connectivity index (χ1n) is 7.52. The third kappa shape index (κ3) is 5.29. The predicted molar refractivity (Wildman–Crippen MR) is 89.3 cm³/mol. The Bertz CT molecular complexity index is 647. The molecule has 0 unspecified atom stereocenters. The third-order valence-corrected chi connectivity index (χ3v) is 3.44. The number of urea groups is 1. The fourth-order valence-electron chi connectivity index (χ4n) is 2.05. The van der Waals surface area contributed by atoms with E-state index in [0.717, 1.165) is 11.3 Å². The second-order valence-corrected chi connectivity index (χ2v) is 5.33. The van der Waals surface area contributed by atoms with Crippen molar-refractivity contribution >= 4 is 11.7 Å². The van der Waals surface area contributed by atoms with E-state index in [0.29, 0.717) is 25.3 Å². The number of rotatable bonds is 6. The highest BCUT2D eigenvalue weighted by molar-refractivity contribution is 5.89. The minimum absolute atomic E-state index is 0.265. The lowest BCUT2D eigenvalue weighted by molar-refractivity contribution is 0.216. The average molecular weight is 316 g/mol. The van der Waals surface area contributed by atoms with Gasteiger partial charge in [-0.15, -0.1) is 0 Å². The number of carbonyl (C=O) groups is 1. The number of hydrogen-bond donors (Lipinski definition) is 1. The summed E-state index contributed by atoms with van der Waals surface area (Å²) in [6.45, 7) is 2.90. The largest absolute Gasteiger partial charge is 0.494 e. The van der Waals surface area contributed by atoms with Gasteiger partial charge in [0.05, 0.1) is 6.61 Å². The zero-order valence-electron chi connectivity index (χ0n) is 13.4. The van der Waals surface area contributed by atoms with Crippen molar-refractivity contribution in [3.05, 3.63) is 59.9 Å². The molecule has 2 amide bonds. The average Bonchev–Trinajstić information content (AvgIpc) is 2.55. The fraction of sp³-hybridized carbons (Fsp3) is 0.278. The van der Waals surface area contributed by atoms with Gasteiger partial charge in [-0.3, -0.25) is 0 Å². The summed E-state index contributed by atoms with van der Waals surface area (Å²) in [5.74, 6) is 0.444. The molecule has 0 bridgehead atoms. The molecule has 122 valence electrons. The van der Waals surface area contributed by atoms with Gasteiger partial charge < -0.3 is 15.0 Å². The lowest BCUT2D eigenvalue weighted by Gasteiger charge is -2.19. The van der Waals surface area contributed by atoms with E-state index < -0.39 is 0 Å². The van der Waals surface area contributed by atoms with E-state index in [2.05, 4.69) is 5.32 Å². The summed E-state index contributed by atoms with van der Waals surface area (Å²) >= 11 is 0. The number of anilines is 1. The smallest absolute Gasteiger partial charge is 0.321 e. The van der Waals surface area contributed by atoms with Crippen LogP contribution < -0.4 is 10.1 Å². The van der Waals surface area contributed by atoms with Gasteiger partial charge >= 0.3 is 6.03 Å². The Morgan fingerprint density at radius 3 is 2.70 bits per heavy atom. The molecule has 0 saturated carbocycles. The van der Waals surface area contributed by atoms with E-state index in [1.54, 1.807) is 18.0 Å². The number of benzene rings is 2. The molecule has 0 fully saturated rings. The highest BCUT2D eigenvalue weighted by Gasteiger charge is 2.10. The van der Waals surface area contributed by atoms with E-state index in [1.165, 1.54) is 12.1 Å². The topological polar surface area (TPSA) is 41.6 Å². The molecular formula is C18H21FN2O2. The molecular weight excluding hydrogens is 295 g/mol. The summed E-state index contributed by atoms with van der Waals surface area (Å²) in [4.78, 5) is 13.6. The Morgan fingerprint density at radius 1 is 1.22 bits per heavy atom. The Kier molecular flexibility index (Phi) is 5.97. The van der Waals surface area contributed by atoms with Crippen LogP contribution in [-0.2, 0) is 0 Å². The summed E-state index contributed by atoms with van der Waals surface area (Å²) in [6, 6.07) is 13.6. The molecule has 0 aliphatic rings.